The fraction of sp³-hybridized carbons (Fsp3) is 0.611. The summed E-state index contributed by atoms with van der Waals surface area (Å²) in [6, 6.07) is 6.74. The van der Waals surface area contributed by atoms with E-state index >= 15 is 0 Å². The highest BCUT2D eigenvalue weighted by molar-refractivity contribution is 5.96. The minimum absolute atomic E-state index is 0.141. The summed E-state index contributed by atoms with van der Waals surface area (Å²) in [6.07, 6.45) is 5.25. The molecule has 1 N–H and O–H groups in total. The van der Waals surface area contributed by atoms with Crippen LogP contribution in [0.4, 0.5) is 0 Å². The Hall–Kier alpha value is -1.35. The molecule has 2 fully saturated rings. The minimum atomic E-state index is 0.141. The molecule has 4 rings (SSSR count). The second-order valence-corrected chi connectivity index (χ2v) is 7.13. The molecule has 3 nitrogen and oxygen atoms in total. The van der Waals surface area contributed by atoms with E-state index in [0.717, 1.165) is 25.2 Å². The van der Waals surface area contributed by atoms with Gasteiger partial charge in [-0.25, -0.2) is 0 Å². The van der Waals surface area contributed by atoms with Crippen LogP contribution in [-0.2, 0) is 0 Å². The lowest BCUT2D eigenvalue weighted by atomic mass is 9.85. The monoisotopic (exact) mass is 284 g/mol. The van der Waals surface area contributed by atoms with Crippen LogP contribution >= 0.6 is 0 Å². The predicted molar refractivity (Wildman–Crippen MR) is 83.7 cm³/mol. The molecule has 1 saturated heterocycles. The molecule has 0 spiro atoms. The Morgan fingerprint density at radius 3 is 2.81 bits per heavy atom. The number of hydrogen-bond acceptors (Lipinski definition) is 2. The van der Waals surface area contributed by atoms with Crippen molar-refractivity contribution >= 4 is 5.91 Å². The highest BCUT2D eigenvalue weighted by atomic mass is 16.1. The third-order valence-corrected chi connectivity index (χ3v) is 5.70. The smallest absolute Gasteiger partial charge is 0.251 e. The second kappa shape index (κ2) is 5.13. The molecule has 1 amide bonds. The molecule has 1 saturated carbocycles. The zero-order chi connectivity index (χ0) is 14.4. The summed E-state index contributed by atoms with van der Waals surface area (Å²) in [5, 5.41) is 3.14. The molecule has 0 bridgehead atoms. The predicted octanol–water partition coefficient (Wildman–Crippen LogP) is 2.73. The summed E-state index contributed by atoms with van der Waals surface area (Å²) in [4.78, 5) is 14.9. The number of likely N-dealkylation sites (tertiary alicyclic amines) is 1. The lowest BCUT2D eigenvalue weighted by Gasteiger charge is -2.18. The fourth-order valence-corrected chi connectivity index (χ4v) is 4.57. The number of nitrogens with one attached hydrogen (secondary N) is 1. The molecule has 3 heteroatoms. The Bertz CT molecular complexity index is 562. The topological polar surface area (TPSA) is 32.3 Å². The molecule has 0 unspecified atom stereocenters. The maximum absolute atomic E-state index is 12.5. The van der Waals surface area contributed by atoms with Gasteiger partial charge in [0.15, 0.2) is 0 Å². The van der Waals surface area contributed by atoms with Crippen LogP contribution in [-0.4, -0.2) is 37.5 Å². The molecule has 0 radical (unpaired) electrons. The molecule has 21 heavy (non-hydrogen) atoms. The maximum atomic E-state index is 12.5. The first-order chi connectivity index (χ1) is 10.2. The normalized spacial score (nSPS) is 29.9. The number of benzene rings is 1. The number of hydrogen-bond donors (Lipinski definition) is 1. The molecule has 1 aromatic rings. The summed E-state index contributed by atoms with van der Waals surface area (Å²) < 4.78 is 0. The fourth-order valence-electron chi connectivity index (χ4n) is 4.57. The van der Waals surface area contributed by atoms with Gasteiger partial charge in [0, 0.05) is 31.1 Å². The molecule has 1 aliphatic carbocycles. The van der Waals surface area contributed by atoms with E-state index in [0.29, 0.717) is 17.8 Å². The van der Waals surface area contributed by atoms with Crippen LogP contribution in [0.25, 0.3) is 0 Å². The largest absolute Gasteiger partial charge is 0.352 e. The summed E-state index contributed by atoms with van der Waals surface area (Å²) in [5.74, 6) is 1.90. The van der Waals surface area contributed by atoms with Gasteiger partial charge in [0.1, 0.15) is 0 Å². The lowest BCUT2D eigenvalue weighted by Crippen LogP contribution is -2.29. The number of carbonyl (C=O) groups is 1. The number of nitrogens with zero attached hydrogens (tertiary/aromatic N) is 1. The Morgan fingerprint density at radius 2 is 2.00 bits per heavy atom. The number of rotatable bonds is 1. The second-order valence-electron chi connectivity index (χ2n) is 7.13. The molecule has 112 valence electrons. The van der Waals surface area contributed by atoms with Gasteiger partial charge in [-0.2, -0.15) is 0 Å². The van der Waals surface area contributed by atoms with Crippen LogP contribution in [0.5, 0.6) is 0 Å². The Morgan fingerprint density at radius 1 is 1.19 bits per heavy atom. The van der Waals surface area contributed by atoms with E-state index < -0.39 is 0 Å². The zero-order valence-electron chi connectivity index (χ0n) is 12.8. The maximum Gasteiger partial charge on any atom is 0.251 e. The van der Waals surface area contributed by atoms with E-state index in [9.17, 15) is 4.79 Å². The number of fused-ring (bicyclic) bond motifs is 3. The number of likely N-dealkylation sites (N-methyl/N-ethyl adjacent to an activating group) is 1. The molecule has 3 aliphatic rings. The van der Waals surface area contributed by atoms with Crippen LogP contribution in [0.1, 0.15) is 59.0 Å². The summed E-state index contributed by atoms with van der Waals surface area (Å²) >= 11 is 0. The average molecular weight is 284 g/mol. The van der Waals surface area contributed by atoms with Gasteiger partial charge in [-0.15, -0.1) is 0 Å². The number of amides is 1. The third-order valence-electron chi connectivity index (χ3n) is 5.70. The minimum Gasteiger partial charge on any atom is -0.352 e. The van der Waals surface area contributed by atoms with E-state index in [4.69, 9.17) is 0 Å². The van der Waals surface area contributed by atoms with Crippen molar-refractivity contribution in [1.29, 1.82) is 0 Å². The first kappa shape index (κ1) is 13.3. The van der Waals surface area contributed by atoms with Crippen molar-refractivity contribution in [2.24, 2.45) is 5.92 Å². The van der Waals surface area contributed by atoms with Crippen LogP contribution in [0.3, 0.4) is 0 Å². The van der Waals surface area contributed by atoms with E-state index in [1.54, 1.807) is 0 Å². The summed E-state index contributed by atoms with van der Waals surface area (Å²) in [5.41, 5.74) is 3.61. The first-order valence-electron chi connectivity index (χ1n) is 8.33. The third kappa shape index (κ3) is 2.28. The van der Waals surface area contributed by atoms with Gasteiger partial charge in [-0.1, -0.05) is 25.0 Å². The van der Waals surface area contributed by atoms with E-state index in [1.165, 1.54) is 36.8 Å². The molecule has 1 aromatic carbocycles. The molecule has 2 heterocycles. The van der Waals surface area contributed by atoms with Crippen molar-refractivity contribution in [2.75, 3.05) is 26.7 Å². The standard InChI is InChI=1S/C18H24N2O/c1-20-10-14-9-19-18(21)16-8-13(12-4-2-3-5-12)6-7-15(16)17(14)11-20/h6-8,12,14,17H,2-5,9-11H2,1H3,(H,19,21)/t14-,17-/m0/s1. The van der Waals surface area contributed by atoms with Crippen LogP contribution in [0.2, 0.25) is 0 Å². The molecule has 2 aliphatic heterocycles. The molecular weight excluding hydrogens is 260 g/mol. The quantitative estimate of drug-likeness (QED) is 0.860. The Labute approximate surface area is 126 Å². The lowest BCUT2D eigenvalue weighted by molar-refractivity contribution is 0.0951. The van der Waals surface area contributed by atoms with Gasteiger partial charge in [0.2, 0.25) is 0 Å². The van der Waals surface area contributed by atoms with Crippen molar-refractivity contribution in [1.82, 2.24) is 10.2 Å². The zero-order valence-corrected chi connectivity index (χ0v) is 12.8. The molecule has 2 atom stereocenters. The number of carbonyl (C=O) groups excluding carboxylic acids is 1. The van der Waals surface area contributed by atoms with Crippen LogP contribution in [0, 0.1) is 5.92 Å². The van der Waals surface area contributed by atoms with Crippen molar-refractivity contribution in [3.8, 4) is 0 Å². The summed E-state index contributed by atoms with van der Waals surface area (Å²) in [7, 11) is 2.18. The van der Waals surface area contributed by atoms with Crippen molar-refractivity contribution < 1.29 is 4.79 Å². The summed E-state index contributed by atoms with van der Waals surface area (Å²) in [6.45, 7) is 2.99. The van der Waals surface area contributed by atoms with Crippen LogP contribution < -0.4 is 5.32 Å². The van der Waals surface area contributed by atoms with Gasteiger partial charge in [0.05, 0.1) is 0 Å². The molecule has 0 aromatic heterocycles. The Balaban J connectivity index is 1.73. The average Bonchev–Trinajstić information content (AvgIpc) is 3.11. The van der Waals surface area contributed by atoms with Crippen molar-refractivity contribution in [3.63, 3.8) is 0 Å². The van der Waals surface area contributed by atoms with Crippen molar-refractivity contribution in [2.45, 2.75) is 37.5 Å². The van der Waals surface area contributed by atoms with Crippen LogP contribution in [0.15, 0.2) is 18.2 Å². The SMILES string of the molecule is CN1C[C@@H]2CNC(=O)c3cc(C4CCCC4)ccc3[C@H]2C1. The first-order valence-corrected chi connectivity index (χ1v) is 8.33. The van der Waals surface area contributed by atoms with Gasteiger partial charge in [-0.05, 0) is 48.9 Å². The van der Waals surface area contributed by atoms with Gasteiger partial charge in [-0.3, -0.25) is 4.79 Å². The Kier molecular flexibility index (Phi) is 3.26. The van der Waals surface area contributed by atoms with E-state index in [-0.39, 0.29) is 5.91 Å². The van der Waals surface area contributed by atoms with E-state index in [2.05, 4.69) is 35.5 Å². The van der Waals surface area contributed by atoms with Gasteiger partial charge < -0.3 is 10.2 Å². The molecular formula is C18H24N2O. The van der Waals surface area contributed by atoms with E-state index in [1.807, 2.05) is 0 Å². The van der Waals surface area contributed by atoms with Gasteiger partial charge >= 0.3 is 0 Å². The highest BCUT2D eigenvalue weighted by Gasteiger charge is 2.37. The van der Waals surface area contributed by atoms with Gasteiger partial charge in [0.25, 0.3) is 5.91 Å². The van der Waals surface area contributed by atoms with Crippen molar-refractivity contribution in [3.05, 3.63) is 34.9 Å². The highest BCUT2D eigenvalue weighted by Crippen LogP contribution is 2.39.